The molecule has 0 bridgehead atoms. The van der Waals surface area contributed by atoms with Gasteiger partial charge in [0.15, 0.2) is 5.76 Å². The highest BCUT2D eigenvalue weighted by atomic mass is 16.6. The summed E-state index contributed by atoms with van der Waals surface area (Å²) in [5, 5.41) is 13.7. The van der Waals surface area contributed by atoms with Crippen LogP contribution >= 0.6 is 0 Å². The fourth-order valence-corrected chi connectivity index (χ4v) is 3.79. The molecule has 1 atom stereocenters. The van der Waals surface area contributed by atoms with Crippen molar-refractivity contribution in [2.24, 2.45) is 0 Å². The van der Waals surface area contributed by atoms with E-state index in [0.29, 0.717) is 35.9 Å². The summed E-state index contributed by atoms with van der Waals surface area (Å²) in [6.45, 7) is 5.86. The van der Waals surface area contributed by atoms with Gasteiger partial charge in [-0.1, -0.05) is 0 Å². The van der Waals surface area contributed by atoms with Gasteiger partial charge in [0, 0.05) is 35.5 Å². The van der Waals surface area contributed by atoms with Gasteiger partial charge in [0.2, 0.25) is 11.8 Å². The van der Waals surface area contributed by atoms with Gasteiger partial charge in [0.25, 0.3) is 5.69 Å². The van der Waals surface area contributed by atoms with Crippen molar-refractivity contribution >= 4 is 23.4 Å². The van der Waals surface area contributed by atoms with E-state index in [4.69, 9.17) is 9.15 Å². The number of nitro benzene ring substituents is 1. The van der Waals surface area contributed by atoms with E-state index in [9.17, 15) is 19.7 Å². The Hall–Kier alpha value is -4.21. The summed E-state index contributed by atoms with van der Waals surface area (Å²) in [4.78, 5) is 41.4. The molecule has 0 unspecified atom stereocenters. The van der Waals surface area contributed by atoms with E-state index in [0.717, 1.165) is 12.0 Å². The summed E-state index contributed by atoms with van der Waals surface area (Å²) < 4.78 is 11.2. The molecule has 2 amide bonds. The third-order valence-corrected chi connectivity index (χ3v) is 5.45. The zero-order valence-corrected chi connectivity index (χ0v) is 19.7. The van der Waals surface area contributed by atoms with Crippen LogP contribution in [0.3, 0.4) is 0 Å². The maximum atomic E-state index is 12.8. The summed E-state index contributed by atoms with van der Waals surface area (Å²) >= 11 is 0. The van der Waals surface area contributed by atoms with Gasteiger partial charge in [-0.2, -0.15) is 0 Å². The smallest absolute Gasteiger partial charge is 0.410 e. The number of oxazole rings is 1. The molecule has 0 aliphatic carbocycles. The van der Waals surface area contributed by atoms with Gasteiger partial charge in [0.05, 0.1) is 11.1 Å². The molecule has 3 aromatic rings. The van der Waals surface area contributed by atoms with E-state index in [2.05, 4.69) is 10.3 Å². The van der Waals surface area contributed by atoms with Gasteiger partial charge in [-0.05, 0) is 70.0 Å². The van der Waals surface area contributed by atoms with Gasteiger partial charge in [-0.25, -0.2) is 9.78 Å². The Labute approximate surface area is 202 Å². The number of ether oxygens (including phenoxy) is 1. The molecule has 1 aliphatic rings. The largest absolute Gasteiger partial charge is 0.444 e. The number of nitrogens with zero attached hydrogens (tertiary/aromatic N) is 3. The van der Waals surface area contributed by atoms with Crippen molar-refractivity contribution in [1.29, 1.82) is 0 Å². The first kappa shape index (κ1) is 23.9. The van der Waals surface area contributed by atoms with Crippen LogP contribution in [0.25, 0.3) is 22.8 Å². The molecular formula is C25H26N4O6. The number of hydrogen-bond donors (Lipinski definition) is 1. The van der Waals surface area contributed by atoms with Crippen LogP contribution in [0.4, 0.5) is 16.2 Å². The minimum atomic E-state index is -0.629. The fraction of sp³-hybridized carbons (Fsp3) is 0.320. The van der Waals surface area contributed by atoms with E-state index in [1.165, 1.54) is 17.0 Å². The second-order valence-electron chi connectivity index (χ2n) is 9.23. The van der Waals surface area contributed by atoms with Crippen LogP contribution in [-0.2, 0) is 9.53 Å². The number of amides is 2. The molecule has 1 aliphatic heterocycles. The molecule has 4 rings (SSSR count). The number of anilines is 1. The lowest BCUT2D eigenvalue weighted by molar-refractivity contribution is -0.384. The summed E-state index contributed by atoms with van der Waals surface area (Å²) in [6.07, 6.45) is 2.40. The zero-order chi connectivity index (χ0) is 25.2. The van der Waals surface area contributed by atoms with E-state index in [-0.39, 0.29) is 11.6 Å². The molecule has 0 saturated carbocycles. The lowest BCUT2D eigenvalue weighted by atomic mass is 10.1. The quantitative estimate of drug-likeness (QED) is 0.391. The van der Waals surface area contributed by atoms with Crippen LogP contribution in [-0.4, -0.2) is 45.0 Å². The molecule has 10 heteroatoms. The highest BCUT2D eigenvalue weighted by Gasteiger charge is 2.36. The minimum Gasteiger partial charge on any atom is -0.444 e. The Morgan fingerprint density at radius 1 is 1.11 bits per heavy atom. The van der Waals surface area contributed by atoms with Gasteiger partial charge in [-0.15, -0.1) is 0 Å². The van der Waals surface area contributed by atoms with Gasteiger partial charge >= 0.3 is 6.09 Å². The Morgan fingerprint density at radius 2 is 1.77 bits per heavy atom. The molecule has 1 fully saturated rings. The number of rotatable bonds is 5. The topological polar surface area (TPSA) is 128 Å². The van der Waals surface area contributed by atoms with Crippen molar-refractivity contribution in [3.63, 3.8) is 0 Å². The van der Waals surface area contributed by atoms with Crippen molar-refractivity contribution < 1.29 is 23.7 Å². The predicted octanol–water partition coefficient (Wildman–Crippen LogP) is 5.25. The molecule has 1 aromatic heterocycles. The Morgan fingerprint density at radius 3 is 2.40 bits per heavy atom. The van der Waals surface area contributed by atoms with Crippen LogP contribution in [0.15, 0.2) is 59.1 Å². The number of carbonyl (C=O) groups excluding carboxylic acids is 2. The standard InChI is InChI=1S/C25H26N4O6/c1-25(2,3)35-24(31)28-14-4-5-20(28)22(30)27-18-10-6-16(7-11-18)21-15-26-23(34-21)17-8-12-19(13-9-17)29(32)33/h6-13,15,20H,4-5,14H2,1-3H3,(H,27,30)/t20-/m0/s1. The summed E-state index contributed by atoms with van der Waals surface area (Å²) in [6, 6.07) is 12.4. The molecule has 2 aromatic carbocycles. The number of hydrogen-bond acceptors (Lipinski definition) is 7. The number of carbonyl (C=O) groups is 2. The average Bonchev–Trinajstić information content (AvgIpc) is 3.49. The van der Waals surface area contributed by atoms with Crippen molar-refractivity contribution in [1.82, 2.24) is 9.88 Å². The first-order valence-electron chi connectivity index (χ1n) is 11.2. The number of aromatic nitrogens is 1. The molecule has 0 radical (unpaired) electrons. The number of benzene rings is 2. The number of nitro groups is 1. The molecule has 35 heavy (non-hydrogen) atoms. The number of likely N-dealkylation sites (tertiary alicyclic amines) is 1. The average molecular weight is 479 g/mol. The number of non-ortho nitro benzene ring substituents is 1. The minimum absolute atomic E-state index is 0.00927. The molecule has 10 nitrogen and oxygen atoms in total. The highest BCUT2D eigenvalue weighted by molar-refractivity contribution is 5.97. The molecule has 2 heterocycles. The first-order chi connectivity index (χ1) is 16.6. The van der Waals surface area contributed by atoms with Crippen LogP contribution in [0.2, 0.25) is 0 Å². The third-order valence-electron chi connectivity index (χ3n) is 5.45. The van der Waals surface area contributed by atoms with Crippen LogP contribution in [0.1, 0.15) is 33.6 Å². The Balaban J connectivity index is 1.41. The second-order valence-corrected chi connectivity index (χ2v) is 9.23. The van der Waals surface area contributed by atoms with Gasteiger partial charge < -0.3 is 14.5 Å². The fourth-order valence-electron chi connectivity index (χ4n) is 3.79. The van der Waals surface area contributed by atoms with E-state index >= 15 is 0 Å². The second kappa shape index (κ2) is 9.57. The maximum Gasteiger partial charge on any atom is 0.410 e. The SMILES string of the molecule is CC(C)(C)OC(=O)N1CCC[C@H]1C(=O)Nc1ccc(-c2cnc(-c3ccc([N+](=O)[O-])cc3)o2)cc1. The number of nitrogens with one attached hydrogen (secondary N) is 1. The lowest BCUT2D eigenvalue weighted by Gasteiger charge is -2.28. The van der Waals surface area contributed by atoms with Crippen LogP contribution < -0.4 is 5.32 Å². The Kier molecular flexibility index (Phi) is 6.54. The lowest BCUT2D eigenvalue weighted by Crippen LogP contribution is -2.45. The van der Waals surface area contributed by atoms with Crippen molar-refractivity contribution in [2.45, 2.75) is 45.3 Å². The molecule has 1 N–H and O–H groups in total. The van der Waals surface area contributed by atoms with Gasteiger partial charge in [0.1, 0.15) is 11.6 Å². The zero-order valence-electron chi connectivity index (χ0n) is 19.7. The summed E-state index contributed by atoms with van der Waals surface area (Å²) in [5.74, 6) is 0.597. The van der Waals surface area contributed by atoms with E-state index < -0.39 is 22.7 Å². The molecule has 0 spiro atoms. The van der Waals surface area contributed by atoms with Crippen LogP contribution in [0.5, 0.6) is 0 Å². The molecule has 182 valence electrons. The molecule has 1 saturated heterocycles. The predicted molar refractivity (Wildman–Crippen MR) is 129 cm³/mol. The third kappa shape index (κ3) is 5.65. The van der Waals surface area contributed by atoms with Crippen molar-refractivity contribution in [2.75, 3.05) is 11.9 Å². The summed E-state index contributed by atoms with van der Waals surface area (Å²) in [7, 11) is 0. The van der Waals surface area contributed by atoms with Gasteiger partial charge in [-0.3, -0.25) is 19.8 Å². The van der Waals surface area contributed by atoms with Crippen molar-refractivity contribution in [3.8, 4) is 22.8 Å². The van der Waals surface area contributed by atoms with E-state index in [1.54, 1.807) is 63.4 Å². The summed E-state index contributed by atoms with van der Waals surface area (Å²) in [5.41, 5.74) is 1.32. The monoisotopic (exact) mass is 478 g/mol. The Bertz CT molecular complexity index is 1230. The van der Waals surface area contributed by atoms with Crippen molar-refractivity contribution in [3.05, 3.63) is 64.8 Å². The van der Waals surface area contributed by atoms with Crippen LogP contribution in [0, 0.1) is 10.1 Å². The molecular weight excluding hydrogens is 452 g/mol. The highest BCUT2D eigenvalue weighted by Crippen LogP contribution is 2.28. The maximum absolute atomic E-state index is 12.8. The first-order valence-corrected chi connectivity index (χ1v) is 11.2. The normalized spacial score (nSPS) is 15.6. The van der Waals surface area contributed by atoms with E-state index in [1.807, 2.05) is 0 Å².